The summed E-state index contributed by atoms with van der Waals surface area (Å²) < 4.78 is 4.93. The van der Waals surface area contributed by atoms with Crippen LogP contribution in [0, 0.1) is 0 Å². The molecule has 7 heteroatoms. The third kappa shape index (κ3) is 3.75. The maximum absolute atomic E-state index is 9.69. The van der Waals surface area contributed by atoms with Gasteiger partial charge in [-0.05, 0) is 31.3 Å². The first-order chi connectivity index (χ1) is 8.60. The van der Waals surface area contributed by atoms with Gasteiger partial charge in [-0.1, -0.05) is 11.6 Å². The van der Waals surface area contributed by atoms with Crippen LogP contribution in [0.15, 0.2) is 17.2 Å². The van der Waals surface area contributed by atoms with Gasteiger partial charge in [-0.2, -0.15) is 5.10 Å². The smallest absolute Gasteiger partial charge is 0.186 e. The average molecular weight is 288 g/mol. The van der Waals surface area contributed by atoms with Crippen molar-refractivity contribution < 1.29 is 9.84 Å². The van der Waals surface area contributed by atoms with Gasteiger partial charge in [-0.3, -0.25) is 5.43 Å². The first-order valence-electron chi connectivity index (χ1n) is 5.22. The van der Waals surface area contributed by atoms with Gasteiger partial charge >= 0.3 is 0 Å². The molecule has 0 aliphatic carbocycles. The number of hydrogen-bond donors (Lipinski definition) is 3. The number of hydrazone groups is 1. The summed E-state index contributed by atoms with van der Waals surface area (Å²) in [5, 5.41) is 17.1. The molecule has 0 heterocycles. The summed E-state index contributed by atoms with van der Waals surface area (Å²) in [6.07, 6.45) is 1.46. The molecule has 18 heavy (non-hydrogen) atoms. The molecule has 3 N–H and O–H groups in total. The topological polar surface area (TPSA) is 65.9 Å². The van der Waals surface area contributed by atoms with Crippen LogP contribution in [0.3, 0.4) is 0 Å². The van der Waals surface area contributed by atoms with Crippen LogP contribution >= 0.6 is 23.8 Å². The number of rotatable bonds is 4. The van der Waals surface area contributed by atoms with Crippen molar-refractivity contribution in [1.29, 1.82) is 0 Å². The maximum Gasteiger partial charge on any atom is 0.186 e. The molecular weight excluding hydrogens is 274 g/mol. The summed E-state index contributed by atoms with van der Waals surface area (Å²) in [5.74, 6) is 0.200. The van der Waals surface area contributed by atoms with E-state index in [-0.39, 0.29) is 10.8 Å². The zero-order valence-electron chi connectivity index (χ0n) is 10.0. The Bertz CT molecular complexity index is 466. The summed E-state index contributed by atoms with van der Waals surface area (Å²) in [6, 6.07) is 3.29. The first kappa shape index (κ1) is 14.5. The quantitative estimate of drug-likeness (QED) is 0.448. The van der Waals surface area contributed by atoms with Gasteiger partial charge in [-0.25, -0.2) is 0 Å². The molecule has 98 valence electrons. The van der Waals surface area contributed by atoms with Crippen molar-refractivity contribution in [2.24, 2.45) is 5.10 Å². The molecule has 1 aromatic carbocycles. The third-order valence-electron chi connectivity index (χ3n) is 2.04. The molecule has 0 saturated heterocycles. The number of methoxy groups -OCH3 is 1. The Labute approximate surface area is 116 Å². The maximum atomic E-state index is 9.69. The second-order valence-electron chi connectivity index (χ2n) is 3.25. The van der Waals surface area contributed by atoms with Gasteiger partial charge in [0.15, 0.2) is 16.6 Å². The lowest BCUT2D eigenvalue weighted by molar-refractivity contribution is 0.373. The molecular formula is C11H14ClN3O2S. The molecule has 0 aliphatic rings. The van der Waals surface area contributed by atoms with Crippen LogP contribution in [0.1, 0.15) is 12.5 Å². The van der Waals surface area contributed by atoms with Gasteiger partial charge in [-0.15, -0.1) is 0 Å². The Morgan fingerprint density at radius 3 is 2.94 bits per heavy atom. The largest absolute Gasteiger partial charge is 0.503 e. The monoisotopic (exact) mass is 287 g/mol. The third-order valence-corrected chi connectivity index (χ3v) is 2.67. The number of hydrogen-bond acceptors (Lipinski definition) is 4. The predicted molar refractivity (Wildman–Crippen MR) is 76.7 cm³/mol. The molecule has 0 aliphatic heterocycles. The SMILES string of the molecule is CCNC(=S)N/N=C/c1ccc(OC)c(O)c1Cl. The molecule has 0 saturated carbocycles. The van der Waals surface area contributed by atoms with Gasteiger partial charge in [0.1, 0.15) is 0 Å². The van der Waals surface area contributed by atoms with Crippen LogP contribution in [0.25, 0.3) is 0 Å². The lowest BCUT2D eigenvalue weighted by Gasteiger charge is -2.07. The second kappa shape index (κ2) is 7.03. The molecule has 5 nitrogen and oxygen atoms in total. The zero-order chi connectivity index (χ0) is 13.5. The van der Waals surface area contributed by atoms with Crippen molar-refractivity contribution in [3.63, 3.8) is 0 Å². The van der Waals surface area contributed by atoms with Gasteiger partial charge in [0.25, 0.3) is 0 Å². The van der Waals surface area contributed by atoms with Crippen molar-refractivity contribution >= 4 is 35.1 Å². The molecule has 0 amide bonds. The van der Waals surface area contributed by atoms with Crippen molar-refractivity contribution in [2.45, 2.75) is 6.92 Å². The standard InChI is InChI=1S/C11H14ClN3O2S/c1-3-13-11(18)15-14-6-7-4-5-8(17-2)10(16)9(7)12/h4-6,16H,3H2,1-2H3,(H2,13,15,18)/b14-6+. The second-order valence-corrected chi connectivity index (χ2v) is 4.04. The van der Waals surface area contributed by atoms with E-state index < -0.39 is 0 Å². The fraction of sp³-hybridized carbons (Fsp3) is 0.273. The van der Waals surface area contributed by atoms with E-state index in [0.717, 1.165) is 0 Å². The van der Waals surface area contributed by atoms with Crippen LogP contribution in [-0.4, -0.2) is 30.1 Å². The molecule has 0 atom stereocenters. The number of nitrogens with one attached hydrogen (secondary N) is 2. The van der Waals surface area contributed by atoms with Gasteiger partial charge in [0.05, 0.1) is 18.3 Å². The minimum absolute atomic E-state index is 0.114. The van der Waals surface area contributed by atoms with E-state index in [2.05, 4.69) is 15.8 Å². The number of aromatic hydroxyl groups is 1. The average Bonchev–Trinajstić information content (AvgIpc) is 2.35. The molecule has 0 aromatic heterocycles. The number of nitrogens with zero attached hydrogens (tertiary/aromatic N) is 1. The minimum Gasteiger partial charge on any atom is -0.503 e. The minimum atomic E-state index is -0.114. The molecule has 0 bridgehead atoms. The van der Waals surface area contributed by atoms with E-state index in [9.17, 15) is 5.11 Å². The predicted octanol–water partition coefficient (Wildman–Crippen LogP) is 1.87. The van der Waals surface area contributed by atoms with Crippen LogP contribution in [0.5, 0.6) is 11.5 Å². The summed E-state index contributed by atoms with van der Waals surface area (Å²) in [7, 11) is 1.45. The number of ether oxygens (including phenoxy) is 1. The normalized spacial score (nSPS) is 10.4. The zero-order valence-corrected chi connectivity index (χ0v) is 11.6. The lowest BCUT2D eigenvalue weighted by atomic mass is 10.2. The van der Waals surface area contributed by atoms with Crippen molar-refractivity contribution in [2.75, 3.05) is 13.7 Å². The fourth-order valence-electron chi connectivity index (χ4n) is 1.19. The number of benzene rings is 1. The first-order valence-corrected chi connectivity index (χ1v) is 6.01. The Morgan fingerprint density at radius 2 is 2.33 bits per heavy atom. The highest BCUT2D eigenvalue weighted by molar-refractivity contribution is 7.80. The molecule has 0 fully saturated rings. The molecule has 1 aromatic rings. The molecule has 0 unspecified atom stereocenters. The summed E-state index contributed by atoms with van der Waals surface area (Å²) in [4.78, 5) is 0. The molecule has 1 rings (SSSR count). The van der Waals surface area contributed by atoms with Gasteiger partial charge in [0.2, 0.25) is 0 Å². The number of halogens is 1. The van der Waals surface area contributed by atoms with Crippen molar-refractivity contribution in [3.05, 3.63) is 22.7 Å². The Morgan fingerprint density at radius 1 is 1.61 bits per heavy atom. The number of phenols is 1. The number of phenolic OH excluding ortho intramolecular Hbond substituents is 1. The summed E-state index contributed by atoms with van der Waals surface area (Å²) in [6.45, 7) is 2.64. The van der Waals surface area contributed by atoms with Gasteiger partial charge in [0, 0.05) is 12.1 Å². The van der Waals surface area contributed by atoms with E-state index in [0.29, 0.717) is 23.0 Å². The summed E-state index contributed by atoms with van der Waals surface area (Å²) in [5.41, 5.74) is 3.18. The lowest BCUT2D eigenvalue weighted by Crippen LogP contribution is -2.31. The highest BCUT2D eigenvalue weighted by Crippen LogP contribution is 2.35. The van der Waals surface area contributed by atoms with E-state index in [4.69, 9.17) is 28.6 Å². The number of thiocarbonyl (C=S) groups is 1. The van der Waals surface area contributed by atoms with Crippen LogP contribution in [-0.2, 0) is 0 Å². The fourth-order valence-corrected chi connectivity index (χ4v) is 1.59. The summed E-state index contributed by atoms with van der Waals surface area (Å²) >= 11 is 10.9. The van der Waals surface area contributed by atoms with Crippen LogP contribution in [0.2, 0.25) is 5.02 Å². The van der Waals surface area contributed by atoms with Crippen LogP contribution < -0.4 is 15.5 Å². The van der Waals surface area contributed by atoms with Crippen LogP contribution in [0.4, 0.5) is 0 Å². The van der Waals surface area contributed by atoms with Gasteiger partial charge < -0.3 is 15.2 Å². The Kier molecular flexibility index (Phi) is 5.67. The van der Waals surface area contributed by atoms with E-state index in [1.54, 1.807) is 12.1 Å². The highest BCUT2D eigenvalue weighted by Gasteiger charge is 2.09. The van der Waals surface area contributed by atoms with E-state index >= 15 is 0 Å². The van der Waals surface area contributed by atoms with E-state index in [1.807, 2.05) is 6.92 Å². The van der Waals surface area contributed by atoms with Crippen molar-refractivity contribution in [3.8, 4) is 11.5 Å². The Hall–Kier alpha value is -1.53. The molecule has 0 radical (unpaired) electrons. The van der Waals surface area contributed by atoms with Crippen molar-refractivity contribution in [1.82, 2.24) is 10.7 Å². The highest BCUT2D eigenvalue weighted by atomic mass is 35.5. The molecule has 0 spiro atoms. The Balaban J connectivity index is 2.76. The van der Waals surface area contributed by atoms with E-state index in [1.165, 1.54) is 13.3 Å².